The molecule has 0 aliphatic rings. The van der Waals surface area contributed by atoms with Crippen LogP contribution in [0.3, 0.4) is 0 Å². The van der Waals surface area contributed by atoms with Crippen molar-refractivity contribution in [3.8, 4) is 11.5 Å². The number of halogens is 2. The van der Waals surface area contributed by atoms with Crippen LogP contribution in [0, 0.1) is 0 Å². The van der Waals surface area contributed by atoms with Crippen LogP contribution in [-0.4, -0.2) is 24.6 Å². The summed E-state index contributed by atoms with van der Waals surface area (Å²) in [5.41, 5.74) is 1.86. The number of hydrogen-bond acceptors (Lipinski definition) is 4. The predicted molar refractivity (Wildman–Crippen MR) is 93.7 cm³/mol. The number of nitrogens with zero attached hydrogens (tertiary/aromatic N) is 1. The number of methoxy groups -OCH3 is 1. The molecule has 2 aromatic carbocycles. The molecule has 0 bridgehead atoms. The van der Waals surface area contributed by atoms with Crippen molar-refractivity contribution in [3.05, 3.63) is 60.3 Å². The number of rotatable bonds is 6. The molecule has 0 radical (unpaired) electrons. The van der Waals surface area contributed by atoms with Crippen molar-refractivity contribution in [3.63, 3.8) is 0 Å². The number of amides is 1. The number of alkyl halides is 2. The van der Waals surface area contributed by atoms with Crippen molar-refractivity contribution in [2.75, 3.05) is 12.4 Å². The van der Waals surface area contributed by atoms with E-state index in [-0.39, 0.29) is 23.8 Å². The van der Waals surface area contributed by atoms with Gasteiger partial charge in [0.15, 0.2) is 11.5 Å². The minimum absolute atomic E-state index is 0.103. The van der Waals surface area contributed by atoms with Gasteiger partial charge in [-0.05, 0) is 23.8 Å². The number of hydrogen-bond donors (Lipinski definition) is 1. The Kier molecular flexibility index (Phi) is 5.26. The van der Waals surface area contributed by atoms with E-state index in [0.29, 0.717) is 5.69 Å². The van der Waals surface area contributed by atoms with E-state index in [1.54, 1.807) is 12.3 Å². The van der Waals surface area contributed by atoms with Gasteiger partial charge in [0.1, 0.15) is 0 Å². The number of pyridine rings is 1. The van der Waals surface area contributed by atoms with Gasteiger partial charge in [-0.2, -0.15) is 8.78 Å². The number of carbonyl (C=O) groups excluding carboxylic acids is 1. The Morgan fingerprint density at radius 1 is 1.15 bits per heavy atom. The largest absolute Gasteiger partial charge is 0.493 e. The zero-order valence-corrected chi connectivity index (χ0v) is 13.9. The maximum absolute atomic E-state index is 12.5. The number of para-hydroxylation sites is 1. The Labute approximate surface area is 148 Å². The number of nitrogens with one attached hydrogen (secondary N) is 1. The molecule has 0 saturated carbocycles. The topological polar surface area (TPSA) is 60.5 Å². The zero-order chi connectivity index (χ0) is 18.5. The Balaban J connectivity index is 1.77. The van der Waals surface area contributed by atoms with E-state index in [1.165, 1.54) is 19.2 Å². The van der Waals surface area contributed by atoms with E-state index in [9.17, 15) is 13.6 Å². The number of fused-ring (bicyclic) bond motifs is 1. The summed E-state index contributed by atoms with van der Waals surface area (Å²) < 4.78 is 34.4. The first-order valence-electron chi connectivity index (χ1n) is 7.82. The number of carbonyl (C=O) groups is 1. The predicted octanol–water partition coefficient (Wildman–Crippen LogP) is 4.03. The number of benzene rings is 2. The Morgan fingerprint density at radius 3 is 2.73 bits per heavy atom. The number of anilines is 1. The maximum Gasteiger partial charge on any atom is 0.387 e. The molecule has 0 spiro atoms. The highest BCUT2D eigenvalue weighted by molar-refractivity contribution is 5.95. The van der Waals surface area contributed by atoms with Crippen molar-refractivity contribution in [2.24, 2.45) is 0 Å². The lowest BCUT2D eigenvalue weighted by molar-refractivity contribution is -0.115. The molecule has 3 aromatic rings. The summed E-state index contributed by atoms with van der Waals surface area (Å²) in [5.74, 6) is -0.287. The van der Waals surface area contributed by atoms with Crippen LogP contribution in [0.5, 0.6) is 11.5 Å². The third-order valence-electron chi connectivity index (χ3n) is 3.73. The molecule has 1 amide bonds. The average molecular weight is 358 g/mol. The molecule has 1 heterocycles. The maximum atomic E-state index is 12.5. The van der Waals surface area contributed by atoms with Crippen molar-refractivity contribution in [1.29, 1.82) is 0 Å². The first-order chi connectivity index (χ1) is 12.6. The normalized spacial score (nSPS) is 10.8. The highest BCUT2D eigenvalue weighted by Gasteiger charge is 2.13. The Morgan fingerprint density at radius 2 is 1.96 bits per heavy atom. The monoisotopic (exact) mass is 358 g/mol. The van der Waals surface area contributed by atoms with Crippen LogP contribution in [0.4, 0.5) is 14.5 Å². The molecule has 0 saturated heterocycles. The smallest absolute Gasteiger partial charge is 0.387 e. The molecule has 1 aromatic heterocycles. The van der Waals surface area contributed by atoms with Gasteiger partial charge in [-0.1, -0.05) is 24.3 Å². The van der Waals surface area contributed by atoms with Crippen LogP contribution >= 0.6 is 0 Å². The van der Waals surface area contributed by atoms with Crippen LogP contribution in [0.25, 0.3) is 10.9 Å². The lowest BCUT2D eigenvalue weighted by Gasteiger charge is -2.12. The molecule has 5 nitrogen and oxygen atoms in total. The fourth-order valence-electron chi connectivity index (χ4n) is 2.63. The Bertz CT molecular complexity index is 926. The fourth-order valence-corrected chi connectivity index (χ4v) is 2.63. The van der Waals surface area contributed by atoms with Crippen LogP contribution in [0.1, 0.15) is 5.56 Å². The minimum Gasteiger partial charge on any atom is -0.493 e. The van der Waals surface area contributed by atoms with Gasteiger partial charge in [-0.15, -0.1) is 0 Å². The standard InChI is InChI=1S/C19H16F2N2O3/c1-25-15-8-7-14(11-16(15)26-19(20)21)23-17(24)10-13-5-2-4-12-6-3-9-22-18(12)13/h2-9,11,19H,10H2,1H3,(H,23,24). The molecule has 0 atom stereocenters. The highest BCUT2D eigenvalue weighted by Crippen LogP contribution is 2.31. The molecule has 3 rings (SSSR count). The van der Waals surface area contributed by atoms with Crippen LogP contribution in [-0.2, 0) is 11.2 Å². The third-order valence-corrected chi connectivity index (χ3v) is 3.73. The molecule has 26 heavy (non-hydrogen) atoms. The van der Waals surface area contributed by atoms with E-state index in [2.05, 4.69) is 15.0 Å². The quantitative estimate of drug-likeness (QED) is 0.723. The highest BCUT2D eigenvalue weighted by atomic mass is 19.3. The second-order valence-corrected chi connectivity index (χ2v) is 5.46. The van der Waals surface area contributed by atoms with Gasteiger partial charge in [-0.25, -0.2) is 0 Å². The average Bonchev–Trinajstić information content (AvgIpc) is 2.62. The summed E-state index contributed by atoms with van der Waals surface area (Å²) in [6.45, 7) is -2.99. The van der Waals surface area contributed by atoms with Crippen molar-refractivity contribution in [1.82, 2.24) is 4.98 Å². The molecular weight excluding hydrogens is 342 g/mol. The van der Waals surface area contributed by atoms with Crippen molar-refractivity contribution in [2.45, 2.75) is 13.0 Å². The van der Waals surface area contributed by atoms with Crippen LogP contribution < -0.4 is 14.8 Å². The number of aromatic nitrogens is 1. The second-order valence-electron chi connectivity index (χ2n) is 5.46. The summed E-state index contributed by atoms with van der Waals surface area (Å²) in [6, 6.07) is 13.6. The van der Waals surface area contributed by atoms with E-state index in [0.717, 1.165) is 16.5 Å². The van der Waals surface area contributed by atoms with E-state index < -0.39 is 6.61 Å². The van der Waals surface area contributed by atoms with E-state index >= 15 is 0 Å². The minimum atomic E-state index is -2.99. The van der Waals surface area contributed by atoms with Gasteiger partial charge in [0, 0.05) is 23.3 Å². The van der Waals surface area contributed by atoms with E-state index in [1.807, 2.05) is 30.3 Å². The van der Waals surface area contributed by atoms with Crippen molar-refractivity contribution >= 4 is 22.5 Å². The SMILES string of the molecule is COc1ccc(NC(=O)Cc2cccc3cccnc23)cc1OC(F)F. The third kappa shape index (κ3) is 4.05. The van der Waals surface area contributed by atoms with Gasteiger partial charge in [0.05, 0.1) is 19.0 Å². The molecule has 0 fully saturated rings. The van der Waals surface area contributed by atoms with Crippen molar-refractivity contribution < 1.29 is 23.0 Å². The van der Waals surface area contributed by atoms with Gasteiger partial charge in [-0.3, -0.25) is 9.78 Å². The fraction of sp³-hybridized carbons (Fsp3) is 0.158. The molecule has 134 valence electrons. The van der Waals surface area contributed by atoms with Crippen LogP contribution in [0.15, 0.2) is 54.7 Å². The lowest BCUT2D eigenvalue weighted by atomic mass is 10.1. The molecule has 0 aliphatic heterocycles. The molecule has 0 aliphatic carbocycles. The van der Waals surface area contributed by atoms with Gasteiger partial charge in [0.25, 0.3) is 0 Å². The summed E-state index contributed by atoms with van der Waals surface area (Å²) in [6.07, 6.45) is 1.77. The Hall–Kier alpha value is -3.22. The molecule has 7 heteroatoms. The second kappa shape index (κ2) is 7.77. The van der Waals surface area contributed by atoms with E-state index in [4.69, 9.17) is 4.74 Å². The summed E-state index contributed by atoms with van der Waals surface area (Å²) in [5, 5.41) is 3.61. The molecule has 0 unspecified atom stereocenters. The first kappa shape index (κ1) is 17.6. The molecule has 1 N–H and O–H groups in total. The first-order valence-corrected chi connectivity index (χ1v) is 7.82. The summed E-state index contributed by atoms with van der Waals surface area (Å²) >= 11 is 0. The van der Waals surface area contributed by atoms with Gasteiger partial charge in [0.2, 0.25) is 5.91 Å². The lowest BCUT2D eigenvalue weighted by Crippen LogP contribution is -2.15. The van der Waals surface area contributed by atoms with Gasteiger partial charge < -0.3 is 14.8 Å². The molecular formula is C19H16F2N2O3. The van der Waals surface area contributed by atoms with Crippen LogP contribution in [0.2, 0.25) is 0 Å². The zero-order valence-electron chi connectivity index (χ0n) is 13.9. The van der Waals surface area contributed by atoms with Gasteiger partial charge >= 0.3 is 6.61 Å². The summed E-state index contributed by atoms with van der Waals surface area (Å²) in [4.78, 5) is 16.7. The summed E-state index contributed by atoms with van der Waals surface area (Å²) in [7, 11) is 1.35. The number of ether oxygens (including phenoxy) is 2.